The second-order valence-electron chi connectivity index (χ2n) is 3.70. The number of nitrogens with two attached hydrogens (primary N) is 1. The van der Waals surface area contributed by atoms with Gasteiger partial charge in [0.25, 0.3) is 0 Å². The molecule has 0 aliphatic heterocycles. The molecular weight excluding hydrogens is 275 g/mol. The van der Waals surface area contributed by atoms with E-state index in [1.165, 1.54) is 16.0 Å². The van der Waals surface area contributed by atoms with E-state index in [0.29, 0.717) is 6.54 Å². The van der Waals surface area contributed by atoms with Crippen LogP contribution < -0.4 is 5.73 Å². The van der Waals surface area contributed by atoms with Crippen molar-refractivity contribution in [1.82, 2.24) is 9.78 Å². The quantitative estimate of drug-likeness (QED) is 0.861. The molecule has 0 saturated carbocycles. The molecule has 0 aliphatic carbocycles. The fraction of sp³-hybridized carbons (Fsp3) is 0.250. The number of alkyl halides is 3. The Labute approximate surface area is 111 Å². The first-order valence-electron chi connectivity index (χ1n) is 5.36. The Bertz CT molecular complexity index is 616. The van der Waals surface area contributed by atoms with Crippen molar-refractivity contribution in [2.24, 2.45) is 5.73 Å². The van der Waals surface area contributed by atoms with E-state index in [1.807, 2.05) is 12.1 Å². The molecule has 0 radical (unpaired) electrons. The largest absolute Gasteiger partial charge is 0.419 e. The summed E-state index contributed by atoms with van der Waals surface area (Å²) in [6.45, 7) is 0.576. The standard InChI is InChI=1S/C12H10F3N3S/c13-12(14,15)9-6-17-18(7-9)8-11-4-3-10(19-11)2-1-5-16/h3-4,6-7H,5,8,16H2. The molecule has 7 heteroatoms. The number of halogens is 3. The van der Waals surface area contributed by atoms with Gasteiger partial charge in [0, 0.05) is 11.1 Å². The van der Waals surface area contributed by atoms with Crippen LogP contribution in [0.5, 0.6) is 0 Å². The van der Waals surface area contributed by atoms with Crippen LogP contribution in [0.15, 0.2) is 24.5 Å². The maximum atomic E-state index is 12.4. The maximum absolute atomic E-state index is 12.4. The van der Waals surface area contributed by atoms with Crippen LogP contribution in [0.1, 0.15) is 15.3 Å². The zero-order valence-corrected chi connectivity index (χ0v) is 10.6. The van der Waals surface area contributed by atoms with E-state index in [1.54, 1.807) is 0 Å². The zero-order valence-electron chi connectivity index (χ0n) is 9.74. The molecule has 0 unspecified atom stereocenters. The Kier molecular flexibility index (Phi) is 3.93. The molecule has 2 aromatic heterocycles. The van der Waals surface area contributed by atoms with Crippen LogP contribution in [0, 0.1) is 11.8 Å². The molecule has 2 heterocycles. The third-order valence-corrected chi connectivity index (χ3v) is 3.24. The van der Waals surface area contributed by atoms with Gasteiger partial charge in [0.2, 0.25) is 0 Å². The molecule has 0 amide bonds. The van der Waals surface area contributed by atoms with Crippen LogP contribution in [-0.2, 0) is 12.7 Å². The molecule has 2 aromatic rings. The second-order valence-corrected chi connectivity index (χ2v) is 4.86. The van der Waals surface area contributed by atoms with Crippen molar-refractivity contribution in [1.29, 1.82) is 0 Å². The van der Waals surface area contributed by atoms with Gasteiger partial charge in [-0.2, -0.15) is 18.3 Å². The summed E-state index contributed by atoms with van der Waals surface area (Å²) in [5.41, 5.74) is 4.52. The predicted octanol–water partition coefficient (Wildman–Crippen LogP) is 2.32. The highest BCUT2D eigenvalue weighted by atomic mass is 32.1. The highest BCUT2D eigenvalue weighted by Crippen LogP contribution is 2.28. The predicted molar refractivity (Wildman–Crippen MR) is 66.6 cm³/mol. The van der Waals surface area contributed by atoms with Crippen LogP contribution in [-0.4, -0.2) is 16.3 Å². The molecule has 2 rings (SSSR count). The Morgan fingerprint density at radius 2 is 2.16 bits per heavy atom. The van der Waals surface area contributed by atoms with Gasteiger partial charge in [0.05, 0.1) is 29.7 Å². The zero-order chi connectivity index (χ0) is 13.9. The molecule has 0 spiro atoms. The molecule has 100 valence electrons. The molecule has 0 atom stereocenters. The normalized spacial score (nSPS) is 11.2. The minimum atomic E-state index is -4.36. The average molecular weight is 285 g/mol. The minimum Gasteiger partial charge on any atom is -0.320 e. The van der Waals surface area contributed by atoms with Gasteiger partial charge in [0.15, 0.2) is 0 Å². The third kappa shape index (κ3) is 3.59. The summed E-state index contributed by atoms with van der Waals surface area (Å²) in [5.74, 6) is 5.60. The van der Waals surface area contributed by atoms with E-state index < -0.39 is 11.7 Å². The van der Waals surface area contributed by atoms with Crippen molar-refractivity contribution in [2.75, 3.05) is 6.54 Å². The van der Waals surface area contributed by atoms with E-state index in [0.717, 1.165) is 22.1 Å². The van der Waals surface area contributed by atoms with E-state index in [4.69, 9.17) is 5.73 Å². The summed E-state index contributed by atoms with van der Waals surface area (Å²) >= 11 is 1.41. The van der Waals surface area contributed by atoms with Gasteiger partial charge in [-0.05, 0) is 12.1 Å². The van der Waals surface area contributed by atoms with Gasteiger partial charge in [-0.15, -0.1) is 11.3 Å². The van der Waals surface area contributed by atoms with Crippen molar-refractivity contribution >= 4 is 11.3 Å². The summed E-state index contributed by atoms with van der Waals surface area (Å²) in [7, 11) is 0. The van der Waals surface area contributed by atoms with E-state index in [-0.39, 0.29) is 6.54 Å². The summed E-state index contributed by atoms with van der Waals surface area (Å²) in [6, 6.07) is 3.64. The molecule has 0 aliphatic rings. The monoisotopic (exact) mass is 285 g/mol. The lowest BCUT2D eigenvalue weighted by molar-refractivity contribution is -0.137. The Hall–Kier alpha value is -1.78. The van der Waals surface area contributed by atoms with E-state index >= 15 is 0 Å². The highest BCUT2D eigenvalue weighted by Gasteiger charge is 2.32. The smallest absolute Gasteiger partial charge is 0.320 e. The van der Waals surface area contributed by atoms with Crippen LogP contribution in [0.25, 0.3) is 0 Å². The van der Waals surface area contributed by atoms with Gasteiger partial charge in [-0.1, -0.05) is 11.8 Å². The lowest BCUT2D eigenvalue weighted by atomic mass is 10.3. The summed E-state index contributed by atoms with van der Waals surface area (Å²) in [5, 5.41) is 3.70. The molecule has 3 nitrogen and oxygen atoms in total. The number of aromatic nitrogens is 2. The van der Waals surface area contributed by atoms with Crippen molar-refractivity contribution in [3.8, 4) is 11.8 Å². The number of nitrogens with zero attached hydrogens (tertiary/aromatic N) is 2. The first-order chi connectivity index (χ1) is 8.99. The number of hydrogen-bond donors (Lipinski definition) is 1. The molecule has 19 heavy (non-hydrogen) atoms. The minimum absolute atomic E-state index is 0.279. The van der Waals surface area contributed by atoms with Crippen LogP contribution in [0.4, 0.5) is 13.2 Å². The topological polar surface area (TPSA) is 43.8 Å². The Balaban J connectivity index is 2.09. The third-order valence-electron chi connectivity index (χ3n) is 2.25. The van der Waals surface area contributed by atoms with Gasteiger partial charge in [-0.25, -0.2) is 0 Å². The number of thiophene rings is 1. The lowest BCUT2D eigenvalue weighted by Crippen LogP contribution is -2.03. The number of hydrogen-bond acceptors (Lipinski definition) is 3. The van der Waals surface area contributed by atoms with Crippen LogP contribution in [0.2, 0.25) is 0 Å². The van der Waals surface area contributed by atoms with Gasteiger partial charge >= 0.3 is 6.18 Å². The van der Waals surface area contributed by atoms with Crippen molar-refractivity contribution in [3.05, 3.63) is 39.8 Å². The molecule has 0 saturated heterocycles. The summed E-state index contributed by atoms with van der Waals surface area (Å²) in [4.78, 5) is 1.72. The summed E-state index contributed by atoms with van der Waals surface area (Å²) in [6.07, 6.45) is -2.54. The van der Waals surface area contributed by atoms with Crippen LogP contribution in [0.3, 0.4) is 0 Å². The first-order valence-corrected chi connectivity index (χ1v) is 6.18. The van der Waals surface area contributed by atoms with Gasteiger partial charge in [-0.3, -0.25) is 4.68 Å². The van der Waals surface area contributed by atoms with Crippen molar-refractivity contribution in [2.45, 2.75) is 12.7 Å². The van der Waals surface area contributed by atoms with Gasteiger partial charge < -0.3 is 5.73 Å². The summed E-state index contributed by atoms with van der Waals surface area (Å²) < 4.78 is 38.5. The van der Waals surface area contributed by atoms with Crippen molar-refractivity contribution in [3.63, 3.8) is 0 Å². The highest BCUT2D eigenvalue weighted by molar-refractivity contribution is 7.12. The SMILES string of the molecule is NCC#Cc1ccc(Cn2cc(C(F)(F)F)cn2)s1. The second kappa shape index (κ2) is 5.47. The lowest BCUT2D eigenvalue weighted by Gasteiger charge is -2.01. The Morgan fingerprint density at radius 3 is 2.79 bits per heavy atom. The molecule has 0 bridgehead atoms. The Morgan fingerprint density at radius 1 is 1.37 bits per heavy atom. The van der Waals surface area contributed by atoms with E-state index in [9.17, 15) is 13.2 Å². The first kappa shape index (κ1) is 13.6. The number of rotatable bonds is 2. The molecular formula is C12H10F3N3S. The van der Waals surface area contributed by atoms with Crippen LogP contribution >= 0.6 is 11.3 Å². The van der Waals surface area contributed by atoms with Crippen molar-refractivity contribution < 1.29 is 13.2 Å². The average Bonchev–Trinajstić information content (AvgIpc) is 2.95. The fourth-order valence-corrected chi connectivity index (χ4v) is 2.30. The fourth-order valence-electron chi connectivity index (χ4n) is 1.42. The molecule has 0 fully saturated rings. The van der Waals surface area contributed by atoms with Gasteiger partial charge in [0.1, 0.15) is 0 Å². The molecule has 2 N–H and O–H groups in total. The van der Waals surface area contributed by atoms with E-state index in [2.05, 4.69) is 16.9 Å². The molecule has 0 aromatic carbocycles. The maximum Gasteiger partial charge on any atom is 0.419 e.